The molecule has 4 aliphatic rings. The van der Waals surface area contributed by atoms with Gasteiger partial charge in [0.2, 0.25) is 11.8 Å². The summed E-state index contributed by atoms with van der Waals surface area (Å²) in [5.74, 6) is 0.586. The Kier molecular flexibility index (Phi) is 11.5. The maximum Gasteiger partial charge on any atom is 0.255 e. The molecule has 4 aliphatic heterocycles. The number of aromatic nitrogens is 1. The number of benzene rings is 3. The first-order valence-electron chi connectivity index (χ1n) is 19.8. The van der Waals surface area contributed by atoms with Gasteiger partial charge in [-0.2, -0.15) is 0 Å². The fraction of sp³-hybridized carbons (Fsp3) is 0.409. The molecule has 2 saturated heterocycles. The van der Waals surface area contributed by atoms with Crippen molar-refractivity contribution in [3.05, 3.63) is 107 Å². The van der Waals surface area contributed by atoms with Crippen molar-refractivity contribution in [1.29, 1.82) is 0 Å². The lowest BCUT2D eigenvalue weighted by molar-refractivity contribution is -0.136. The number of carbonyl (C=O) groups is 3. The smallest absolute Gasteiger partial charge is 0.255 e. The molecule has 4 aromatic rings. The fourth-order valence-electron chi connectivity index (χ4n) is 8.91. The molecule has 4 atom stereocenters. The van der Waals surface area contributed by atoms with E-state index in [1.165, 1.54) is 35.1 Å². The molecule has 5 heterocycles. The molecule has 10 nitrogen and oxygen atoms in total. The van der Waals surface area contributed by atoms with Crippen LogP contribution < -0.4 is 16.0 Å². The Morgan fingerprint density at radius 2 is 1.71 bits per heavy atom. The summed E-state index contributed by atoms with van der Waals surface area (Å²) in [6.45, 7) is 3.36. The minimum absolute atomic E-state index is 0.0574. The fourth-order valence-corrected chi connectivity index (χ4v) is 10.0. The summed E-state index contributed by atoms with van der Waals surface area (Å²) in [7, 11) is 0. The van der Waals surface area contributed by atoms with Gasteiger partial charge in [0.1, 0.15) is 6.04 Å². The number of thioether (sulfide) groups is 1. The van der Waals surface area contributed by atoms with Crippen LogP contribution in [-0.2, 0) is 22.7 Å². The summed E-state index contributed by atoms with van der Waals surface area (Å²) in [5, 5.41) is 19.9. The average molecular weight is 759 g/mol. The van der Waals surface area contributed by atoms with Crippen LogP contribution in [0, 0.1) is 5.92 Å². The molecule has 286 valence electrons. The molecule has 1 aromatic heterocycles. The Bertz CT molecular complexity index is 2030. The minimum atomic E-state index is -0.585. The lowest BCUT2D eigenvalue weighted by atomic mass is 9.82. The van der Waals surface area contributed by atoms with Crippen LogP contribution in [0.3, 0.4) is 0 Å². The van der Waals surface area contributed by atoms with Crippen molar-refractivity contribution in [2.24, 2.45) is 5.92 Å². The predicted octanol–water partition coefficient (Wildman–Crippen LogP) is 7.01. The number of likely N-dealkylation sites (tertiary alicyclic amines) is 1. The molecule has 0 saturated carbocycles. The van der Waals surface area contributed by atoms with Crippen molar-refractivity contribution in [1.82, 2.24) is 20.1 Å². The third-order valence-electron chi connectivity index (χ3n) is 11.8. The number of aliphatic hydroxyl groups excluding tert-OH is 1. The molecule has 55 heavy (non-hydrogen) atoms. The molecule has 11 heteroatoms. The van der Waals surface area contributed by atoms with Crippen LogP contribution in [0.25, 0.3) is 11.1 Å². The molecule has 1 unspecified atom stereocenters. The lowest BCUT2D eigenvalue weighted by Gasteiger charge is -2.39. The number of anilines is 2. The van der Waals surface area contributed by atoms with Gasteiger partial charge in [0, 0.05) is 72.2 Å². The molecule has 0 bridgehead atoms. The zero-order chi connectivity index (χ0) is 37.7. The standard InChI is InChI=1S/C44H50N6O4S/c51-28-38-34-18-22-49(26-29-16-20-45-21-17-29)42(34)35-25-31(12-13-37(35)47-38)30-8-6-9-32(24-30)46-19-4-2-1-3-5-23-55-40-11-7-10-33-36(40)27-50(44(33)54)39-14-15-41(52)48-43(39)53/h6-13,16-17,20-21,24-25,34,38-39,42,46-47,51H,1-5,14-15,18-19,22-23,26-28H2,(H,48,52,53)/t34-,38-,39?,42-/m1/s1. The zero-order valence-electron chi connectivity index (χ0n) is 31.2. The highest BCUT2D eigenvalue weighted by Crippen LogP contribution is 2.48. The zero-order valence-corrected chi connectivity index (χ0v) is 32.0. The van der Waals surface area contributed by atoms with Gasteiger partial charge in [0.05, 0.1) is 12.6 Å². The molecule has 4 N–H and O–H groups in total. The second-order valence-electron chi connectivity index (χ2n) is 15.3. The number of unbranched alkanes of at least 4 members (excludes halogenated alkanes) is 4. The number of hydrogen-bond donors (Lipinski definition) is 4. The lowest BCUT2D eigenvalue weighted by Crippen LogP contribution is -2.52. The van der Waals surface area contributed by atoms with E-state index in [9.17, 15) is 19.5 Å². The number of nitrogens with zero attached hydrogens (tertiary/aromatic N) is 3. The highest BCUT2D eigenvalue weighted by molar-refractivity contribution is 7.99. The molecular formula is C44H50N6O4S. The van der Waals surface area contributed by atoms with E-state index in [0.29, 0.717) is 24.4 Å². The number of nitrogens with one attached hydrogen (secondary N) is 3. The van der Waals surface area contributed by atoms with Crippen molar-refractivity contribution < 1.29 is 19.5 Å². The quantitative estimate of drug-likeness (QED) is 0.0576. The van der Waals surface area contributed by atoms with E-state index in [1.54, 1.807) is 16.7 Å². The minimum Gasteiger partial charge on any atom is -0.394 e. The number of aliphatic hydroxyl groups is 1. The normalized spacial score (nSPS) is 21.8. The first kappa shape index (κ1) is 37.2. The van der Waals surface area contributed by atoms with Gasteiger partial charge in [-0.15, -0.1) is 11.8 Å². The Morgan fingerprint density at radius 3 is 2.56 bits per heavy atom. The first-order chi connectivity index (χ1) is 27.0. The third kappa shape index (κ3) is 8.15. The highest BCUT2D eigenvalue weighted by atomic mass is 32.2. The van der Waals surface area contributed by atoms with E-state index in [1.807, 2.05) is 24.5 Å². The molecule has 0 spiro atoms. The number of piperidine rings is 1. The summed E-state index contributed by atoms with van der Waals surface area (Å²) < 4.78 is 0. The number of hydrogen-bond acceptors (Lipinski definition) is 9. The van der Waals surface area contributed by atoms with Gasteiger partial charge < -0.3 is 20.6 Å². The van der Waals surface area contributed by atoms with Crippen molar-refractivity contribution in [3.8, 4) is 11.1 Å². The van der Waals surface area contributed by atoms with Gasteiger partial charge in [-0.25, -0.2) is 0 Å². The molecule has 3 amide bonds. The maximum atomic E-state index is 13.1. The van der Waals surface area contributed by atoms with Crippen molar-refractivity contribution in [3.63, 3.8) is 0 Å². The summed E-state index contributed by atoms with van der Waals surface area (Å²) in [6, 6.07) is 25.2. The van der Waals surface area contributed by atoms with Crippen LogP contribution in [0.15, 0.2) is 90.1 Å². The summed E-state index contributed by atoms with van der Waals surface area (Å²) in [5.41, 5.74) is 8.91. The van der Waals surface area contributed by atoms with E-state index < -0.39 is 6.04 Å². The first-order valence-corrected chi connectivity index (χ1v) is 20.8. The van der Waals surface area contributed by atoms with Gasteiger partial charge in [0.25, 0.3) is 5.91 Å². The van der Waals surface area contributed by atoms with E-state index >= 15 is 0 Å². The van der Waals surface area contributed by atoms with Crippen molar-refractivity contribution in [2.45, 2.75) is 87.5 Å². The Balaban J connectivity index is 0.794. The Hall–Kier alpha value is -4.71. The SMILES string of the molecule is O=C1CCC(N2Cc3c(SCCCCCCCNc4cccc(-c5ccc6c(c5)[C@H]5[C@H](CCN5Cc5ccncc5)[C@@H](CO)N6)c4)cccc3C2=O)C(=O)N1. The van der Waals surface area contributed by atoms with Crippen LogP contribution in [0.5, 0.6) is 0 Å². The number of amides is 3. The van der Waals surface area contributed by atoms with Gasteiger partial charge >= 0.3 is 0 Å². The topological polar surface area (TPSA) is 127 Å². The second-order valence-corrected chi connectivity index (χ2v) is 16.4. The molecule has 0 aliphatic carbocycles. The van der Waals surface area contributed by atoms with Gasteiger partial charge in [0.15, 0.2) is 0 Å². The largest absolute Gasteiger partial charge is 0.394 e. The number of fused-ring (bicyclic) bond motifs is 4. The Morgan fingerprint density at radius 1 is 0.891 bits per heavy atom. The number of pyridine rings is 1. The van der Waals surface area contributed by atoms with E-state index in [0.717, 1.165) is 72.9 Å². The number of rotatable bonds is 15. The van der Waals surface area contributed by atoms with Crippen LogP contribution in [-0.4, -0.2) is 75.1 Å². The molecule has 0 radical (unpaired) electrons. The number of carbonyl (C=O) groups excluding carboxylic acids is 3. The second kappa shape index (κ2) is 17.0. The molecule has 8 rings (SSSR count). The van der Waals surface area contributed by atoms with Crippen LogP contribution in [0.1, 0.15) is 84.5 Å². The highest BCUT2D eigenvalue weighted by Gasteiger charge is 2.44. The molecule has 2 fully saturated rings. The van der Waals surface area contributed by atoms with Gasteiger partial charge in [-0.05, 0) is 114 Å². The molecule has 3 aromatic carbocycles. The predicted molar refractivity (Wildman–Crippen MR) is 217 cm³/mol. The van der Waals surface area contributed by atoms with Gasteiger partial charge in [-0.1, -0.05) is 43.5 Å². The van der Waals surface area contributed by atoms with E-state index in [-0.39, 0.29) is 42.8 Å². The monoisotopic (exact) mass is 758 g/mol. The van der Waals surface area contributed by atoms with Crippen LogP contribution >= 0.6 is 11.8 Å². The van der Waals surface area contributed by atoms with E-state index in [4.69, 9.17) is 0 Å². The van der Waals surface area contributed by atoms with Gasteiger partial charge in [-0.3, -0.25) is 29.6 Å². The molecular weight excluding hydrogens is 709 g/mol. The summed E-state index contributed by atoms with van der Waals surface area (Å²) in [6.07, 6.45) is 11.1. The Labute approximate surface area is 327 Å². The van der Waals surface area contributed by atoms with Crippen LogP contribution in [0.4, 0.5) is 11.4 Å². The maximum absolute atomic E-state index is 13.1. The average Bonchev–Trinajstić information content (AvgIpc) is 3.78. The van der Waals surface area contributed by atoms with E-state index in [2.05, 4.69) is 86.5 Å². The summed E-state index contributed by atoms with van der Waals surface area (Å²) in [4.78, 5) is 46.7. The summed E-state index contributed by atoms with van der Waals surface area (Å²) >= 11 is 1.79. The number of imide groups is 1. The van der Waals surface area contributed by atoms with Crippen molar-refractivity contribution >= 4 is 40.9 Å². The third-order valence-corrected chi connectivity index (χ3v) is 12.9. The van der Waals surface area contributed by atoms with Crippen molar-refractivity contribution in [2.75, 3.05) is 36.1 Å². The van der Waals surface area contributed by atoms with Crippen LogP contribution in [0.2, 0.25) is 0 Å².